The van der Waals surface area contributed by atoms with Crippen molar-refractivity contribution in [3.8, 4) is 11.1 Å². The third kappa shape index (κ3) is 12.5. The molecular weight excluding hydrogens is 689 g/mol. The Morgan fingerprint density at radius 1 is 0.636 bits per heavy atom. The topological polar surface area (TPSA) is 108 Å². The van der Waals surface area contributed by atoms with E-state index in [9.17, 15) is 14.7 Å². The molecule has 1 aliphatic rings. The van der Waals surface area contributed by atoms with Crippen LogP contribution in [0.25, 0.3) is 11.1 Å². The van der Waals surface area contributed by atoms with Gasteiger partial charge in [0.2, 0.25) is 5.91 Å². The molecule has 5 aromatic carbocycles. The first kappa shape index (κ1) is 39.6. The van der Waals surface area contributed by atoms with Gasteiger partial charge in [-0.3, -0.25) is 14.5 Å². The SMILES string of the molecule is O=C(O)CCCCCCC(=O)NCc1cccc(-c2ccc(C3OC(CN(Cc4ccccc4)Cc4ccccc4)CC(c4ccc(CO)cc4)O3)cc2)c1. The summed E-state index contributed by atoms with van der Waals surface area (Å²) in [6.45, 7) is 2.76. The maximum atomic E-state index is 12.4. The lowest BCUT2D eigenvalue weighted by molar-refractivity contribution is -0.253. The van der Waals surface area contributed by atoms with Crippen molar-refractivity contribution in [3.63, 3.8) is 0 Å². The van der Waals surface area contributed by atoms with Gasteiger partial charge < -0.3 is 25.0 Å². The van der Waals surface area contributed by atoms with Gasteiger partial charge in [-0.15, -0.1) is 0 Å². The maximum Gasteiger partial charge on any atom is 0.303 e. The molecule has 5 aromatic rings. The third-order valence-electron chi connectivity index (χ3n) is 10.1. The molecule has 1 saturated heterocycles. The molecule has 6 rings (SSSR count). The lowest BCUT2D eigenvalue weighted by atomic mass is 9.98. The van der Waals surface area contributed by atoms with Crippen molar-refractivity contribution in [3.05, 3.63) is 167 Å². The van der Waals surface area contributed by atoms with E-state index in [0.29, 0.717) is 25.8 Å². The number of nitrogens with zero attached hydrogens (tertiary/aromatic N) is 1. The van der Waals surface area contributed by atoms with Crippen LogP contribution in [0.2, 0.25) is 0 Å². The summed E-state index contributed by atoms with van der Waals surface area (Å²) in [5.74, 6) is -0.769. The zero-order valence-corrected chi connectivity index (χ0v) is 31.4. The molecule has 0 aromatic heterocycles. The molecule has 8 nitrogen and oxygen atoms in total. The standard InChI is InChI=1S/C47H52N2O6/c50-34-37-20-22-40(23-21-37)44-29-43(33-49(31-35-12-5-3-6-13-35)32-36-14-7-4-8-15-36)54-47(55-44)41-26-24-39(25-27-41)42-17-11-16-38(28-42)30-48-45(51)18-9-1-2-10-19-46(52)53/h3-8,11-17,20-28,43-44,47,50H,1-2,9-10,18-19,29-34H2,(H,48,51)(H,52,53). The number of hydrogen-bond acceptors (Lipinski definition) is 6. The van der Waals surface area contributed by atoms with E-state index < -0.39 is 12.3 Å². The zero-order chi connectivity index (χ0) is 38.2. The van der Waals surface area contributed by atoms with Gasteiger partial charge in [0.05, 0.1) is 18.8 Å². The Labute approximate surface area is 324 Å². The summed E-state index contributed by atoms with van der Waals surface area (Å²) >= 11 is 0. The fraction of sp³-hybridized carbons (Fsp3) is 0.319. The van der Waals surface area contributed by atoms with Gasteiger partial charge in [0, 0.05) is 51.0 Å². The van der Waals surface area contributed by atoms with E-state index in [0.717, 1.165) is 72.3 Å². The number of carboxylic acid groups (broad SMARTS) is 1. The van der Waals surface area contributed by atoms with Crippen molar-refractivity contribution >= 4 is 11.9 Å². The van der Waals surface area contributed by atoms with E-state index in [1.165, 1.54) is 11.1 Å². The molecule has 0 radical (unpaired) electrons. The van der Waals surface area contributed by atoms with E-state index in [2.05, 4.69) is 95.1 Å². The summed E-state index contributed by atoms with van der Waals surface area (Å²) in [7, 11) is 0. The van der Waals surface area contributed by atoms with Crippen LogP contribution in [0.15, 0.2) is 133 Å². The van der Waals surface area contributed by atoms with Crippen molar-refractivity contribution < 1.29 is 29.3 Å². The average Bonchev–Trinajstić information content (AvgIpc) is 3.22. The predicted octanol–water partition coefficient (Wildman–Crippen LogP) is 9.14. The molecule has 1 amide bonds. The molecule has 0 bridgehead atoms. The second-order valence-corrected chi connectivity index (χ2v) is 14.4. The summed E-state index contributed by atoms with van der Waals surface area (Å²) in [6.07, 6.45) is 3.54. The van der Waals surface area contributed by atoms with E-state index in [1.54, 1.807) is 0 Å². The van der Waals surface area contributed by atoms with Crippen LogP contribution in [-0.4, -0.2) is 39.6 Å². The molecule has 3 N–H and O–H groups in total. The number of hydrogen-bond donors (Lipinski definition) is 3. The van der Waals surface area contributed by atoms with Gasteiger partial charge in [0.25, 0.3) is 0 Å². The number of carboxylic acids is 1. The first-order chi connectivity index (χ1) is 26.9. The number of aliphatic carboxylic acids is 1. The van der Waals surface area contributed by atoms with E-state index in [-0.39, 0.29) is 31.1 Å². The van der Waals surface area contributed by atoms with Crippen LogP contribution in [0.1, 0.15) is 90.7 Å². The van der Waals surface area contributed by atoms with Gasteiger partial charge in [-0.1, -0.05) is 140 Å². The monoisotopic (exact) mass is 740 g/mol. The summed E-state index contributed by atoms with van der Waals surface area (Å²) in [4.78, 5) is 25.6. The number of amides is 1. The normalized spacial score (nSPS) is 16.9. The molecule has 1 aliphatic heterocycles. The maximum absolute atomic E-state index is 12.4. The number of benzene rings is 5. The highest BCUT2D eigenvalue weighted by molar-refractivity contribution is 5.76. The number of nitrogens with one attached hydrogen (secondary N) is 1. The lowest BCUT2D eigenvalue weighted by Crippen LogP contribution is -2.39. The van der Waals surface area contributed by atoms with Gasteiger partial charge in [0.1, 0.15) is 0 Å². The summed E-state index contributed by atoms with van der Waals surface area (Å²) in [5, 5.41) is 21.5. The van der Waals surface area contributed by atoms with Crippen LogP contribution in [0, 0.1) is 0 Å². The van der Waals surface area contributed by atoms with Crippen LogP contribution in [0.3, 0.4) is 0 Å². The van der Waals surface area contributed by atoms with Crippen LogP contribution >= 0.6 is 0 Å². The van der Waals surface area contributed by atoms with E-state index >= 15 is 0 Å². The van der Waals surface area contributed by atoms with Crippen LogP contribution in [-0.2, 0) is 45.3 Å². The number of aliphatic hydroxyl groups excluding tert-OH is 1. The molecule has 3 atom stereocenters. The third-order valence-corrected chi connectivity index (χ3v) is 10.1. The smallest absolute Gasteiger partial charge is 0.303 e. The molecule has 0 spiro atoms. The van der Waals surface area contributed by atoms with Crippen molar-refractivity contribution in [1.29, 1.82) is 0 Å². The molecule has 1 fully saturated rings. The average molecular weight is 741 g/mol. The van der Waals surface area contributed by atoms with Gasteiger partial charge in [-0.25, -0.2) is 0 Å². The quantitative estimate of drug-likeness (QED) is 0.0725. The Hall–Kier alpha value is -5.12. The molecule has 3 unspecified atom stereocenters. The van der Waals surface area contributed by atoms with Crippen molar-refractivity contribution in [2.24, 2.45) is 0 Å². The first-order valence-corrected chi connectivity index (χ1v) is 19.4. The molecule has 286 valence electrons. The van der Waals surface area contributed by atoms with Gasteiger partial charge in [0.15, 0.2) is 6.29 Å². The molecule has 0 aliphatic carbocycles. The Kier molecular flexibility index (Phi) is 14.8. The second-order valence-electron chi connectivity index (χ2n) is 14.4. The molecule has 0 saturated carbocycles. The zero-order valence-electron chi connectivity index (χ0n) is 31.4. The predicted molar refractivity (Wildman–Crippen MR) is 214 cm³/mol. The van der Waals surface area contributed by atoms with E-state index in [1.807, 2.05) is 48.5 Å². The molecular formula is C47H52N2O6. The second kappa shape index (κ2) is 20.5. The van der Waals surface area contributed by atoms with Crippen LogP contribution in [0.5, 0.6) is 0 Å². The largest absolute Gasteiger partial charge is 0.481 e. The fourth-order valence-electron chi connectivity index (χ4n) is 7.09. The number of ether oxygens (including phenoxy) is 2. The minimum atomic E-state index is -0.774. The summed E-state index contributed by atoms with van der Waals surface area (Å²) < 4.78 is 13.5. The highest BCUT2D eigenvalue weighted by atomic mass is 16.7. The fourth-order valence-corrected chi connectivity index (χ4v) is 7.09. The van der Waals surface area contributed by atoms with E-state index in [4.69, 9.17) is 14.6 Å². The number of rotatable bonds is 19. The van der Waals surface area contributed by atoms with Gasteiger partial charge in [-0.05, 0) is 57.9 Å². The van der Waals surface area contributed by atoms with Crippen molar-refractivity contribution in [1.82, 2.24) is 10.2 Å². The molecule has 8 heteroatoms. The highest BCUT2D eigenvalue weighted by Crippen LogP contribution is 2.39. The molecule has 55 heavy (non-hydrogen) atoms. The molecule has 1 heterocycles. The Morgan fingerprint density at radius 2 is 1.25 bits per heavy atom. The lowest BCUT2D eigenvalue weighted by Gasteiger charge is -2.38. The minimum absolute atomic E-state index is 0.00317. The number of unbranched alkanes of at least 4 members (excludes halogenated alkanes) is 3. The Morgan fingerprint density at radius 3 is 1.89 bits per heavy atom. The number of carbonyl (C=O) groups is 2. The Balaban J connectivity index is 1.13. The number of carbonyl (C=O) groups excluding carboxylic acids is 1. The minimum Gasteiger partial charge on any atom is -0.481 e. The van der Waals surface area contributed by atoms with Crippen LogP contribution < -0.4 is 5.32 Å². The number of aliphatic hydroxyl groups is 1. The highest BCUT2D eigenvalue weighted by Gasteiger charge is 2.33. The summed E-state index contributed by atoms with van der Waals surface area (Å²) in [6, 6.07) is 45.6. The van der Waals surface area contributed by atoms with Gasteiger partial charge in [-0.2, -0.15) is 0 Å². The summed E-state index contributed by atoms with van der Waals surface area (Å²) in [5.41, 5.74) is 8.49. The van der Waals surface area contributed by atoms with Crippen LogP contribution in [0.4, 0.5) is 0 Å². The first-order valence-electron chi connectivity index (χ1n) is 19.4. The van der Waals surface area contributed by atoms with Crippen molar-refractivity contribution in [2.75, 3.05) is 6.54 Å². The Bertz CT molecular complexity index is 1880. The van der Waals surface area contributed by atoms with Gasteiger partial charge >= 0.3 is 5.97 Å². The van der Waals surface area contributed by atoms with Crippen molar-refractivity contribution in [2.45, 2.75) is 89.7 Å².